The molecule has 0 amide bonds. The normalized spacial score (nSPS) is 33.7. The van der Waals surface area contributed by atoms with Crippen LogP contribution in [0.2, 0.25) is 0 Å². The molecule has 4 aliphatic rings. The molecular weight excluding hydrogens is 626 g/mol. The summed E-state index contributed by atoms with van der Waals surface area (Å²) in [5.74, 6) is 2.33. The van der Waals surface area contributed by atoms with E-state index >= 15 is 0 Å². The van der Waals surface area contributed by atoms with E-state index in [1.165, 1.54) is 28.3 Å². The molecular formula is C37H51N5O7. The molecule has 12 heteroatoms. The summed E-state index contributed by atoms with van der Waals surface area (Å²) in [4.78, 5) is 24.7. The molecule has 3 fully saturated rings. The summed E-state index contributed by atoms with van der Waals surface area (Å²) in [6.45, 7) is 2.18. The molecule has 10 atom stereocenters. The second kappa shape index (κ2) is 14.1. The van der Waals surface area contributed by atoms with Gasteiger partial charge in [-0.1, -0.05) is 45.1 Å². The van der Waals surface area contributed by atoms with Crippen molar-refractivity contribution < 1.29 is 34.7 Å². The number of nitrogen functional groups attached to an aromatic ring is 1. The van der Waals surface area contributed by atoms with Crippen LogP contribution in [0.15, 0.2) is 30.9 Å². The Morgan fingerprint density at radius 1 is 1.06 bits per heavy atom. The number of fused-ring (bicyclic) bond motifs is 6. The quantitative estimate of drug-likeness (QED) is 0.134. The van der Waals surface area contributed by atoms with Crippen LogP contribution in [0, 0.1) is 23.2 Å². The van der Waals surface area contributed by atoms with E-state index in [0.717, 1.165) is 77.0 Å². The molecule has 266 valence electrons. The number of phenols is 1. The van der Waals surface area contributed by atoms with Crippen LogP contribution in [-0.4, -0.2) is 76.9 Å². The molecule has 2 aromatic heterocycles. The Kier molecular flexibility index (Phi) is 9.84. The number of unbranched alkanes of at least 4 members (excludes halogenated alkanes) is 5. The first-order chi connectivity index (χ1) is 23.7. The average molecular weight is 678 g/mol. The topological polar surface area (TPSA) is 186 Å². The molecule has 3 aliphatic carbocycles. The average Bonchev–Trinajstić information content (AvgIpc) is 3.73. The lowest BCUT2D eigenvalue weighted by Crippen LogP contribution is -2.44. The van der Waals surface area contributed by atoms with Gasteiger partial charge >= 0.3 is 5.97 Å². The number of nitrogens with zero attached hydrogens (tertiary/aromatic N) is 4. The van der Waals surface area contributed by atoms with Crippen molar-refractivity contribution in [3.8, 4) is 5.75 Å². The summed E-state index contributed by atoms with van der Waals surface area (Å²) in [7, 11) is 0. The number of ether oxygens (including phenoxy) is 2. The van der Waals surface area contributed by atoms with Gasteiger partial charge in [0, 0.05) is 6.42 Å². The van der Waals surface area contributed by atoms with E-state index in [1.807, 2.05) is 12.1 Å². The Morgan fingerprint density at radius 3 is 2.69 bits per heavy atom. The molecule has 2 saturated carbocycles. The van der Waals surface area contributed by atoms with E-state index in [-0.39, 0.29) is 29.9 Å². The predicted molar refractivity (Wildman–Crippen MR) is 181 cm³/mol. The summed E-state index contributed by atoms with van der Waals surface area (Å²) in [5, 5.41) is 42.6. The highest BCUT2D eigenvalue weighted by Crippen LogP contribution is 2.62. The van der Waals surface area contributed by atoms with Gasteiger partial charge < -0.3 is 35.6 Å². The van der Waals surface area contributed by atoms with E-state index in [9.17, 15) is 25.2 Å². The van der Waals surface area contributed by atoms with Gasteiger partial charge in [-0.25, -0.2) is 15.0 Å². The Balaban J connectivity index is 0.783. The molecule has 0 bridgehead atoms. The number of phenolic OH excluding ortho intramolecular Hbond substituents is 1. The Labute approximate surface area is 287 Å². The molecule has 12 nitrogen and oxygen atoms in total. The monoisotopic (exact) mass is 677 g/mol. The van der Waals surface area contributed by atoms with Gasteiger partial charge in [-0.2, -0.15) is 0 Å². The van der Waals surface area contributed by atoms with Crippen LogP contribution in [-0.2, 0) is 20.7 Å². The van der Waals surface area contributed by atoms with Crippen molar-refractivity contribution in [2.75, 3.05) is 12.3 Å². The van der Waals surface area contributed by atoms with Gasteiger partial charge in [-0.15, -0.1) is 0 Å². The summed E-state index contributed by atoms with van der Waals surface area (Å²) in [6.07, 6.45) is 11.1. The first kappa shape index (κ1) is 34.1. The zero-order chi connectivity index (χ0) is 34.3. The van der Waals surface area contributed by atoms with Crippen molar-refractivity contribution in [2.45, 2.75) is 127 Å². The van der Waals surface area contributed by atoms with E-state index in [2.05, 4.69) is 27.9 Å². The summed E-state index contributed by atoms with van der Waals surface area (Å²) >= 11 is 0. The summed E-state index contributed by atoms with van der Waals surface area (Å²) < 4.78 is 12.7. The number of carbonyl (C=O) groups excluding carboxylic acids is 1. The largest absolute Gasteiger partial charge is 0.508 e. The Hall–Kier alpha value is -3.32. The molecule has 3 heterocycles. The van der Waals surface area contributed by atoms with Crippen LogP contribution in [0.25, 0.3) is 11.2 Å². The third-order valence-electron chi connectivity index (χ3n) is 12.4. The van der Waals surface area contributed by atoms with Gasteiger partial charge in [0.2, 0.25) is 0 Å². The number of aromatic hydroxyl groups is 1. The maximum atomic E-state index is 12.4. The number of carbonyl (C=O) groups is 1. The number of imidazole rings is 1. The van der Waals surface area contributed by atoms with E-state index in [0.29, 0.717) is 47.0 Å². The van der Waals surface area contributed by atoms with Gasteiger partial charge in [-0.05, 0) is 97.3 Å². The number of aryl methyl sites for hydroxylation is 1. The standard InChI is InChI=1S/C37H51N5O7/c1-37-15-14-25-24-13-11-23(43)16-21(24)10-12-26(25)27(37)17-22(33(37)47)8-6-4-2-3-5-7-9-29(44)48-18-28-31(45)32(46)36(49-28)42-20-41-30-34(38)39-19-40-35(30)42/h11,13,16,19-20,22,25-28,31-33,36,43,45-47H,2-10,12,14-15,17-18H2,1H3,(H2,38,39,40)/t22?,25-,26-,27+,28?,31?,32?,33+,36?,37+/m1/s1. The molecule has 0 spiro atoms. The number of hydrogen-bond acceptors (Lipinski definition) is 11. The fourth-order valence-corrected chi connectivity index (χ4v) is 9.78. The van der Waals surface area contributed by atoms with E-state index in [4.69, 9.17) is 15.2 Å². The van der Waals surface area contributed by atoms with Crippen LogP contribution >= 0.6 is 0 Å². The fourth-order valence-electron chi connectivity index (χ4n) is 9.78. The smallest absolute Gasteiger partial charge is 0.305 e. The lowest BCUT2D eigenvalue weighted by atomic mass is 9.55. The molecule has 5 unspecified atom stereocenters. The predicted octanol–water partition coefficient (Wildman–Crippen LogP) is 4.54. The van der Waals surface area contributed by atoms with Crippen molar-refractivity contribution in [1.82, 2.24) is 19.5 Å². The molecule has 3 aromatic rings. The van der Waals surface area contributed by atoms with Crippen LogP contribution in [0.4, 0.5) is 5.82 Å². The van der Waals surface area contributed by atoms with Gasteiger partial charge in [-0.3, -0.25) is 9.36 Å². The Bertz CT molecular complexity index is 1630. The minimum Gasteiger partial charge on any atom is -0.508 e. The van der Waals surface area contributed by atoms with Gasteiger partial charge in [0.1, 0.15) is 42.5 Å². The fraction of sp³-hybridized carbons (Fsp3) is 0.676. The zero-order valence-electron chi connectivity index (χ0n) is 28.4. The summed E-state index contributed by atoms with van der Waals surface area (Å²) in [5.41, 5.74) is 9.35. The molecule has 1 aliphatic heterocycles. The summed E-state index contributed by atoms with van der Waals surface area (Å²) in [6, 6.07) is 5.94. The Morgan fingerprint density at radius 2 is 1.86 bits per heavy atom. The number of esters is 1. The number of aliphatic hydroxyl groups excluding tert-OH is 3. The molecule has 6 N–H and O–H groups in total. The van der Waals surface area contributed by atoms with Crippen molar-refractivity contribution in [3.63, 3.8) is 0 Å². The van der Waals surface area contributed by atoms with Gasteiger partial charge in [0.15, 0.2) is 17.7 Å². The first-order valence-electron chi connectivity index (χ1n) is 18.3. The number of anilines is 1. The molecule has 1 aromatic carbocycles. The number of hydrogen-bond donors (Lipinski definition) is 5. The third kappa shape index (κ3) is 6.53. The van der Waals surface area contributed by atoms with Crippen molar-refractivity contribution >= 4 is 23.0 Å². The molecule has 7 rings (SSSR count). The van der Waals surface area contributed by atoms with Crippen LogP contribution in [0.1, 0.15) is 107 Å². The highest BCUT2D eigenvalue weighted by molar-refractivity contribution is 5.81. The van der Waals surface area contributed by atoms with Gasteiger partial charge in [0.05, 0.1) is 12.4 Å². The minimum absolute atomic E-state index is 0.0116. The molecule has 0 radical (unpaired) electrons. The highest BCUT2D eigenvalue weighted by Gasteiger charge is 2.57. The second-order valence-corrected chi connectivity index (χ2v) is 15.3. The van der Waals surface area contributed by atoms with Crippen LogP contribution in [0.3, 0.4) is 0 Å². The van der Waals surface area contributed by atoms with E-state index in [1.54, 1.807) is 0 Å². The van der Waals surface area contributed by atoms with Crippen molar-refractivity contribution in [2.24, 2.45) is 23.2 Å². The number of aliphatic hydroxyl groups is 3. The van der Waals surface area contributed by atoms with Crippen molar-refractivity contribution in [3.05, 3.63) is 42.0 Å². The minimum atomic E-state index is -1.26. The second-order valence-electron chi connectivity index (χ2n) is 15.3. The number of benzene rings is 1. The van der Waals surface area contributed by atoms with Crippen LogP contribution in [0.5, 0.6) is 5.75 Å². The SMILES string of the molecule is C[C@]12CC[C@@H]3c4ccc(O)cc4CC[C@H]3[C@@H]1CC(CCCCCCCCC(=O)OCC1OC(n3cnc4c(N)ncnc43)C(O)C1O)[C@@H]2O. The lowest BCUT2D eigenvalue weighted by Gasteiger charge is -2.50. The molecule has 49 heavy (non-hydrogen) atoms. The lowest BCUT2D eigenvalue weighted by molar-refractivity contribution is -0.150. The number of nitrogens with two attached hydrogens (primary N) is 1. The maximum Gasteiger partial charge on any atom is 0.305 e. The number of rotatable bonds is 12. The van der Waals surface area contributed by atoms with E-state index < -0.39 is 24.5 Å². The highest BCUT2D eigenvalue weighted by atomic mass is 16.6. The molecule has 1 saturated heterocycles. The zero-order valence-corrected chi connectivity index (χ0v) is 28.4. The van der Waals surface area contributed by atoms with Gasteiger partial charge in [0.25, 0.3) is 0 Å². The van der Waals surface area contributed by atoms with Crippen molar-refractivity contribution in [1.29, 1.82) is 0 Å². The first-order valence-corrected chi connectivity index (χ1v) is 18.3. The third-order valence-corrected chi connectivity index (χ3v) is 12.4. The van der Waals surface area contributed by atoms with Crippen LogP contribution < -0.4 is 5.73 Å². The maximum absolute atomic E-state index is 12.4. The number of aromatic nitrogens is 4.